The number of rotatable bonds is 5. The maximum atomic E-state index is 12.9. The number of hydrogen-bond donors (Lipinski definition) is 2. The van der Waals surface area contributed by atoms with Crippen LogP contribution in [0.15, 0.2) is 21.7 Å². The number of aromatic amines is 2. The SMILES string of the molecule is Cn1[nH]c(C(=O)N2CCOCC2)c(C=CC=Cc2c(C(=O)N3CCOCC3)[nH]n(C)c2=O)c1=O. The number of carbonyl (C=O) groups is 2. The predicted octanol–water partition coefficient (Wildman–Crippen LogP) is -0.588. The molecule has 0 bridgehead atoms. The van der Waals surface area contributed by atoms with Crippen molar-refractivity contribution in [2.75, 3.05) is 52.6 Å². The first-order valence-electron chi connectivity index (χ1n) is 11.0. The maximum absolute atomic E-state index is 12.9. The van der Waals surface area contributed by atoms with Crippen LogP contribution in [0.2, 0.25) is 0 Å². The number of amides is 2. The summed E-state index contributed by atoms with van der Waals surface area (Å²) in [7, 11) is 3.08. The third kappa shape index (κ3) is 4.68. The minimum Gasteiger partial charge on any atom is -0.378 e. The van der Waals surface area contributed by atoms with Gasteiger partial charge in [0.05, 0.1) is 37.6 Å². The van der Waals surface area contributed by atoms with Gasteiger partial charge in [0.1, 0.15) is 11.4 Å². The molecule has 2 aromatic rings. The predicted molar refractivity (Wildman–Crippen MR) is 124 cm³/mol. The largest absolute Gasteiger partial charge is 0.378 e. The van der Waals surface area contributed by atoms with E-state index in [1.54, 1.807) is 36.0 Å². The number of aromatic nitrogens is 4. The number of carbonyl (C=O) groups excluding carboxylic acids is 2. The van der Waals surface area contributed by atoms with E-state index in [0.29, 0.717) is 52.6 Å². The van der Waals surface area contributed by atoms with Crippen molar-refractivity contribution < 1.29 is 19.1 Å². The first-order valence-corrected chi connectivity index (χ1v) is 11.0. The van der Waals surface area contributed by atoms with E-state index in [9.17, 15) is 19.2 Å². The molecule has 2 fully saturated rings. The molecule has 2 aliphatic heterocycles. The van der Waals surface area contributed by atoms with E-state index in [1.807, 2.05) is 0 Å². The summed E-state index contributed by atoms with van der Waals surface area (Å²) in [6, 6.07) is 0. The van der Waals surface area contributed by atoms with Gasteiger partial charge in [0.15, 0.2) is 0 Å². The van der Waals surface area contributed by atoms with E-state index in [2.05, 4.69) is 10.2 Å². The maximum Gasteiger partial charge on any atom is 0.274 e. The van der Waals surface area contributed by atoms with Crippen LogP contribution in [0.1, 0.15) is 32.1 Å². The normalized spacial score (nSPS) is 17.2. The Bertz CT molecular complexity index is 1140. The lowest BCUT2D eigenvalue weighted by Gasteiger charge is -2.26. The molecule has 0 aromatic carbocycles. The molecule has 0 aliphatic carbocycles. The van der Waals surface area contributed by atoms with Gasteiger partial charge in [-0.2, -0.15) is 0 Å². The van der Waals surface area contributed by atoms with Crippen molar-refractivity contribution >= 4 is 24.0 Å². The monoisotopic (exact) mass is 472 g/mol. The number of nitrogens with one attached hydrogen (secondary N) is 2. The van der Waals surface area contributed by atoms with Gasteiger partial charge < -0.3 is 19.3 Å². The van der Waals surface area contributed by atoms with E-state index in [4.69, 9.17) is 9.47 Å². The number of aryl methyl sites for hydroxylation is 2. The quantitative estimate of drug-likeness (QED) is 0.559. The average molecular weight is 473 g/mol. The second-order valence-corrected chi connectivity index (χ2v) is 8.06. The van der Waals surface area contributed by atoms with Gasteiger partial charge in [0.2, 0.25) is 0 Å². The molecule has 0 spiro atoms. The third-order valence-corrected chi connectivity index (χ3v) is 5.83. The van der Waals surface area contributed by atoms with Gasteiger partial charge >= 0.3 is 0 Å². The van der Waals surface area contributed by atoms with Crippen LogP contribution in [0.3, 0.4) is 0 Å². The van der Waals surface area contributed by atoms with Crippen molar-refractivity contribution in [3.63, 3.8) is 0 Å². The molecule has 0 radical (unpaired) electrons. The van der Waals surface area contributed by atoms with Crippen molar-refractivity contribution in [2.24, 2.45) is 14.1 Å². The van der Waals surface area contributed by atoms with Crippen LogP contribution < -0.4 is 11.1 Å². The molecule has 2 aromatic heterocycles. The highest BCUT2D eigenvalue weighted by molar-refractivity contribution is 5.96. The highest BCUT2D eigenvalue weighted by Gasteiger charge is 2.25. The van der Waals surface area contributed by atoms with Crippen molar-refractivity contribution in [1.29, 1.82) is 0 Å². The van der Waals surface area contributed by atoms with Crippen LogP contribution in [0.5, 0.6) is 0 Å². The molecule has 12 heteroatoms. The van der Waals surface area contributed by atoms with E-state index >= 15 is 0 Å². The second kappa shape index (κ2) is 10.1. The van der Waals surface area contributed by atoms with Gasteiger partial charge in [-0.25, -0.2) is 0 Å². The molecule has 0 atom stereocenters. The number of hydrogen-bond acceptors (Lipinski definition) is 6. The fraction of sp³-hybridized carbons (Fsp3) is 0.455. The van der Waals surface area contributed by atoms with Gasteiger partial charge in [0, 0.05) is 40.3 Å². The Morgan fingerprint density at radius 2 is 1.06 bits per heavy atom. The van der Waals surface area contributed by atoms with E-state index < -0.39 is 0 Å². The number of allylic oxidation sites excluding steroid dienone is 2. The molecule has 0 saturated carbocycles. The summed E-state index contributed by atoms with van der Waals surface area (Å²) < 4.78 is 13.1. The van der Waals surface area contributed by atoms with Crippen molar-refractivity contribution in [2.45, 2.75) is 0 Å². The lowest BCUT2D eigenvalue weighted by Crippen LogP contribution is -2.41. The Morgan fingerprint density at radius 1 is 0.706 bits per heavy atom. The van der Waals surface area contributed by atoms with E-state index in [1.165, 1.54) is 21.5 Å². The van der Waals surface area contributed by atoms with Gasteiger partial charge in [-0.05, 0) is 12.2 Å². The summed E-state index contributed by atoms with van der Waals surface area (Å²) in [5.41, 5.74) is 0.133. The molecule has 2 amide bonds. The molecular formula is C22H28N6O6. The molecule has 34 heavy (non-hydrogen) atoms. The third-order valence-electron chi connectivity index (χ3n) is 5.83. The van der Waals surface area contributed by atoms with Crippen LogP contribution in [-0.4, -0.2) is 93.8 Å². The number of H-pyrrole nitrogens is 2. The molecule has 2 N–H and O–H groups in total. The molecule has 2 aliphatic rings. The minimum absolute atomic E-state index is 0.194. The highest BCUT2D eigenvalue weighted by Crippen LogP contribution is 2.12. The Labute approximate surface area is 195 Å². The summed E-state index contributed by atoms with van der Waals surface area (Å²) in [5, 5.41) is 5.64. The Kier molecular flexibility index (Phi) is 6.98. The molecule has 12 nitrogen and oxygen atoms in total. The summed E-state index contributed by atoms with van der Waals surface area (Å²) in [5.74, 6) is -0.551. The van der Waals surface area contributed by atoms with Crippen LogP contribution in [-0.2, 0) is 23.6 Å². The van der Waals surface area contributed by atoms with Crippen LogP contribution in [0.4, 0.5) is 0 Å². The Morgan fingerprint density at radius 3 is 1.41 bits per heavy atom. The van der Waals surface area contributed by atoms with Crippen LogP contribution >= 0.6 is 0 Å². The molecular weight excluding hydrogens is 444 g/mol. The van der Waals surface area contributed by atoms with Crippen molar-refractivity contribution in [3.05, 3.63) is 55.4 Å². The van der Waals surface area contributed by atoms with Gasteiger partial charge in [-0.15, -0.1) is 0 Å². The molecule has 182 valence electrons. The zero-order chi connectivity index (χ0) is 24.2. The fourth-order valence-corrected chi connectivity index (χ4v) is 3.92. The fourth-order valence-electron chi connectivity index (χ4n) is 3.92. The highest BCUT2D eigenvalue weighted by atomic mass is 16.5. The average Bonchev–Trinajstić information content (AvgIpc) is 3.31. The summed E-state index contributed by atoms with van der Waals surface area (Å²) in [4.78, 5) is 54.2. The second-order valence-electron chi connectivity index (χ2n) is 8.06. The molecule has 2 saturated heterocycles. The standard InChI is InChI=1S/C22H28N6O6/c1-25-19(29)15(17(23-25)21(31)27-7-11-33-12-8-27)5-3-4-6-16-18(24-26(2)20(16)30)22(32)28-9-13-34-14-10-28/h3-6,23-24H,7-14H2,1-2H3. The zero-order valence-electron chi connectivity index (χ0n) is 19.2. The molecule has 4 heterocycles. The first kappa shape index (κ1) is 23.5. The summed E-state index contributed by atoms with van der Waals surface area (Å²) in [6.07, 6.45) is 6.17. The lowest BCUT2D eigenvalue weighted by atomic mass is 10.1. The summed E-state index contributed by atoms with van der Waals surface area (Å²) in [6.45, 7) is 3.62. The van der Waals surface area contributed by atoms with Crippen molar-refractivity contribution in [1.82, 2.24) is 29.4 Å². The summed E-state index contributed by atoms with van der Waals surface area (Å²) >= 11 is 0. The van der Waals surface area contributed by atoms with E-state index in [-0.39, 0.29) is 45.4 Å². The van der Waals surface area contributed by atoms with Gasteiger partial charge in [-0.3, -0.25) is 38.7 Å². The first-order chi connectivity index (χ1) is 16.4. The van der Waals surface area contributed by atoms with Crippen LogP contribution in [0, 0.1) is 0 Å². The number of ether oxygens (including phenoxy) is 2. The minimum atomic E-state index is -0.345. The number of nitrogens with zero attached hydrogens (tertiary/aromatic N) is 4. The van der Waals surface area contributed by atoms with Crippen LogP contribution in [0.25, 0.3) is 12.2 Å². The van der Waals surface area contributed by atoms with Crippen molar-refractivity contribution in [3.8, 4) is 0 Å². The number of morpholine rings is 2. The molecule has 4 rings (SSSR count). The Balaban J connectivity index is 1.57. The van der Waals surface area contributed by atoms with Gasteiger partial charge in [-0.1, -0.05) is 12.2 Å². The molecule has 0 unspecified atom stereocenters. The zero-order valence-corrected chi connectivity index (χ0v) is 19.2. The topological polar surface area (TPSA) is 135 Å². The lowest BCUT2D eigenvalue weighted by molar-refractivity contribution is 0.0297. The smallest absolute Gasteiger partial charge is 0.274 e. The van der Waals surface area contributed by atoms with Gasteiger partial charge in [0.25, 0.3) is 22.9 Å². The van der Waals surface area contributed by atoms with E-state index in [0.717, 1.165) is 0 Å². The Hall–Kier alpha value is -3.64.